The fourth-order valence-corrected chi connectivity index (χ4v) is 1.43. The molecule has 1 heteroatoms. The number of halogens is 1. The van der Waals surface area contributed by atoms with Crippen LogP contribution in [0.4, 0.5) is 0 Å². The smallest absolute Gasteiger partial charge is 0.000156 e. The molecule has 0 unspecified atom stereocenters. The number of hydrogen-bond donors (Lipinski definition) is 0. The van der Waals surface area contributed by atoms with E-state index in [0.29, 0.717) is 0 Å². The van der Waals surface area contributed by atoms with Crippen LogP contribution >= 0.6 is 22.6 Å². The molecule has 0 fully saturated rings. The predicted octanol–water partition coefficient (Wildman–Crippen LogP) is 3.81. The molecule has 0 spiro atoms. The van der Waals surface area contributed by atoms with Crippen LogP contribution in [0.25, 0.3) is 0 Å². The lowest BCUT2D eigenvalue weighted by Crippen LogP contribution is -1.81. The zero-order valence-electron chi connectivity index (χ0n) is 7.04. The summed E-state index contributed by atoms with van der Waals surface area (Å²) >= 11 is 2.42. The highest BCUT2D eigenvalue weighted by Gasteiger charge is 1.90. The fourth-order valence-electron chi connectivity index (χ4n) is 1.04. The maximum absolute atomic E-state index is 2.42. The van der Waals surface area contributed by atoms with E-state index < -0.39 is 0 Å². The summed E-state index contributed by atoms with van der Waals surface area (Å²) < 4.78 is 1.24. The molecule has 0 aliphatic heterocycles. The molecule has 0 saturated carbocycles. The molecular weight excluding hydrogens is 259 g/mol. The van der Waals surface area contributed by atoms with E-state index in [1.54, 1.807) is 0 Å². The Labute approximate surface area is 87.9 Å². The number of alkyl halides is 1. The van der Waals surface area contributed by atoms with Crippen molar-refractivity contribution in [3.05, 3.63) is 48.1 Å². The second kappa shape index (κ2) is 6.23. The minimum atomic E-state index is 1.19. The number of allylic oxidation sites excluding steroid dienone is 8. The van der Waals surface area contributed by atoms with Crippen molar-refractivity contribution in [2.24, 2.45) is 0 Å². The normalized spacial score (nSPS) is 20.9. The van der Waals surface area contributed by atoms with Crippen LogP contribution in [-0.4, -0.2) is 4.43 Å². The summed E-state index contributed by atoms with van der Waals surface area (Å²) in [6.07, 6.45) is 17.2. The van der Waals surface area contributed by atoms with Gasteiger partial charge in [0.15, 0.2) is 0 Å². The van der Waals surface area contributed by atoms with Crippen molar-refractivity contribution in [3.8, 4) is 0 Å². The van der Waals surface area contributed by atoms with Gasteiger partial charge in [-0.2, -0.15) is 0 Å². The van der Waals surface area contributed by atoms with Gasteiger partial charge in [-0.1, -0.05) is 65.1 Å². The topological polar surface area (TPSA) is 0 Å². The highest BCUT2D eigenvalue weighted by Crippen LogP contribution is 2.10. The van der Waals surface area contributed by atoms with Crippen LogP contribution in [0.5, 0.6) is 0 Å². The van der Waals surface area contributed by atoms with Crippen molar-refractivity contribution in [1.82, 2.24) is 0 Å². The molecule has 12 heavy (non-hydrogen) atoms. The van der Waals surface area contributed by atoms with E-state index in [0.717, 1.165) is 0 Å². The molecule has 0 bridgehead atoms. The maximum atomic E-state index is 2.42. The average molecular weight is 272 g/mol. The minimum absolute atomic E-state index is 1.19. The summed E-state index contributed by atoms with van der Waals surface area (Å²) in [6, 6.07) is 0. The second-order valence-electron chi connectivity index (χ2n) is 2.66. The molecule has 0 radical (unpaired) electrons. The first kappa shape index (κ1) is 9.78. The van der Waals surface area contributed by atoms with Gasteiger partial charge in [0, 0.05) is 0 Å². The predicted molar refractivity (Wildman–Crippen MR) is 63.6 cm³/mol. The summed E-state index contributed by atoms with van der Waals surface area (Å²) in [6.45, 7) is 0. The van der Waals surface area contributed by atoms with Gasteiger partial charge in [0.25, 0.3) is 0 Å². The lowest BCUT2D eigenvalue weighted by Gasteiger charge is -1.98. The molecule has 0 heterocycles. The molecule has 0 amide bonds. The Morgan fingerprint density at radius 1 is 1.00 bits per heavy atom. The van der Waals surface area contributed by atoms with Crippen molar-refractivity contribution in [2.45, 2.75) is 12.8 Å². The third-order valence-corrected chi connectivity index (χ3v) is 2.43. The lowest BCUT2D eigenvalue weighted by atomic mass is 10.1. The van der Waals surface area contributed by atoms with E-state index in [1.807, 2.05) is 6.08 Å². The van der Waals surface area contributed by atoms with E-state index in [-0.39, 0.29) is 0 Å². The molecule has 0 aromatic heterocycles. The third kappa shape index (κ3) is 3.90. The minimum Gasteiger partial charge on any atom is -0.0864 e. The lowest BCUT2D eigenvalue weighted by molar-refractivity contribution is 0.950. The van der Waals surface area contributed by atoms with E-state index in [1.165, 1.54) is 22.8 Å². The fraction of sp³-hybridized carbons (Fsp3) is 0.273. The van der Waals surface area contributed by atoms with Gasteiger partial charge in [-0.25, -0.2) is 0 Å². The van der Waals surface area contributed by atoms with Crippen molar-refractivity contribution in [2.75, 3.05) is 4.43 Å². The van der Waals surface area contributed by atoms with Crippen LogP contribution in [0.3, 0.4) is 0 Å². The van der Waals surface area contributed by atoms with Gasteiger partial charge < -0.3 is 0 Å². The molecular formula is C11H13I. The first-order chi connectivity index (χ1) is 5.93. The van der Waals surface area contributed by atoms with Crippen LogP contribution in [0.15, 0.2) is 48.1 Å². The van der Waals surface area contributed by atoms with E-state index in [9.17, 15) is 0 Å². The van der Waals surface area contributed by atoms with Crippen molar-refractivity contribution < 1.29 is 0 Å². The van der Waals surface area contributed by atoms with Crippen molar-refractivity contribution in [3.63, 3.8) is 0 Å². The molecule has 1 aliphatic rings. The van der Waals surface area contributed by atoms with Gasteiger partial charge in [-0.3, -0.25) is 0 Å². The molecule has 0 saturated heterocycles. The zero-order chi connectivity index (χ0) is 8.65. The number of rotatable bonds is 3. The molecule has 0 aromatic carbocycles. The second-order valence-corrected chi connectivity index (χ2v) is 3.74. The average Bonchev–Trinajstić information content (AvgIpc) is 2.02. The van der Waals surface area contributed by atoms with Crippen molar-refractivity contribution in [1.29, 1.82) is 0 Å². The van der Waals surface area contributed by atoms with E-state index in [2.05, 4.69) is 59.0 Å². The van der Waals surface area contributed by atoms with Gasteiger partial charge in [0.1, 0.15) is 0 Å². The Hall–Kier alpha value is -0.310. The van der Waals surface area contributed by atoms with Gasteiger partial charge in [0.05, 0.1) is 0 Å². The molecule has 64 valence electrons. The summed E-state index contributed by atoms with van der Waals surface area (Å²) in [5, 5.41) is 0. The third-order valence-electron chi connectivity index (χ3n) is 1.66. The Kier molecular flexibility index (Phi) is 5.08. The zero-order valence-corrected chi connectivity index (χ0v) is 9.20. The first-order valence-electron chi connectivity index (χ1n) is 4.20. The molecule has 0 N–H and O–H groups in total. The number of hydrogen-bond acceptors (Lipinski definition) is 0. The van der Waals surface area contributed by atoms with Crippen LogP contribution in [0, 0.1) is 0 Å². The summed E-state index contributed by atoms with van der Waals surface area (Å²) in [5.41, 5.74) is 1.42. The van der Waals surface area contributed by atoms with Crippen molar-refractivity contribution >= 4 is 22.6 Å². The van der Waals surface area contributed by atoms with Gasteiger partial charge in [0.2, 0.25) is 0 Å². The van der Waals surface area contributed by atoms with E-state index in [4.69, 9.17) is 0 Å². The Morgan fingerprint density at radius 3 is 2.58 bits per heavy atom. The maximum Gasteiger partial charge on any atom is -0.000156 e. The molecule has 0 nitrogen and oxygen atoms in total. The molecule has 0 aromatic rings. The standard InChI is InChI=1S/C11H13I/c12-10-6-9-11-7-4-2-1-3-5-8-11/h1-5,7-8H,6,9-10H2/b2-1-,3-1?,4-2?,5-3-,7-4?,8-5?,11-7?,11-8?. The summed E-state index contributed by atoms with van der Waals surface area (Å²) in [7, 11) is 0. The highest BCUT2D eigenvalue weighted by atomic mass is 127. The van der Waals surface area contributed by atoms with Gasteiger partial charge in [-0.15, -0.1) is 0 Å². The molecule has 0 atom stereocenters. The largest absolute Gasteiger partial charge is 0.0864 e. The van der Waals surface area contributed by atoms with Crippen LogP contribution in [-0.2, 0) is 0 Å². The summed E-state index contributed by atoms with van der Waals surface area (Å²) in [4.78, 5) is 0. The Bertz CT molecular complexity index is 231. The SMILES string of the molecule is ICCCC1=C/C=C\C=C/C=C1. The van der Waals surface area contributed by atoms with E-state index >= 15 is 0 Å². The van der Waals surface area contributed by atoms with Crippen LogP contribution in [0.2, 0.25) is 0 Å². The molecule has 1 rings (SSSR count). The van der Waals surface area contributed by atoms with Gasteiger partial charge >= 0.3 is 0 Å². The van der Waals surface area contributed by atoms with Crippen LogP contribution < -0.4 is 0 Å². The first-order valence-corrected chi connectivity index (χ1v) is 5.72. The quantitative estimate of drug-likeness (QED) is 0.541. The molecule has 1 aliphatic carbocycles. The monoisotopic (exact) mass is 272 g/mol. The van der Waals surface area contributed by atoms with Crippen LogP contribution in [0.1, 0.15) is 12.8 Å². The highest BCUT2D eigenvalue weighted by molar-refractivity contribution is 14.1. The Balaban J connectivity index is 2.50. The van der Waals surface area contributed by atoms with Gasteiger partial charge in [-0.05, 0) is 22.8 Å². The Morgan fingerprint density at radius 2 is 1.75 bits per heavy atom. The summed E-state index contributed by atoms with van der Waals surface area (Å²) in [5.74, 6) is 0.